The Kier molecular flexibility index (Phi) is 7.75. The summed E-state index contributed by atoms with van der Waals surface area (Å²) in [5.74, 6) is 0.0938. The maximum Gasteiger partial charge on any atom is 0.166 e. The number of aryl methyl sites for hydroxylation is 2. The molecule has 0 bridgehead atoms. The molecule has 1 saturated carbocycles. The van der Waals surface area contributed by atoms with Crippen molar-refractivity contribution in [2.75, 3.05) is 0 Å². The minimum Gasteiger partial charge on any atom is -0.203 e. The lowest BCUT2D eigenvalue weighted by molar-refractivity contribution is 0.296. The summed E-state index contributed by atoms with van der Waals surface area (Å²) in [5, 5.41) is 0. The molecule has 4 rings (SSSR count). The highest BCUT2D eigenvalue weighted by molar-refractivity contribution is 5.71. The smallest absolute Gasteiger partial charge is 0.166 e. The molecule has 0 nitrogen and oxygen atoms in total. The van der Waals surface area contributed by atoms with Gasteiger partial charge in [-0.2, -0.15) is 0 Å². The van der Waals surface area contributed by atoms with Crippen molar-refractivity contribution in [3.63, 3.8) is 0 Å². The molecule has 1 aliphatic rings. The zero-order chi connectivity index (χ0) is 23.2. The first-order chi connectivity index (χ1) is 16.1. The second-order valence-electron chi connectivity index (χ2n) is 9.48. The molecule has 0 spiro atoms. The quantitative estimate of drug-likeness (QED) is 0.304. The summed E-state index contributed by atoms with van der Waals surface area (Å²) in [7, 11) is 0. The topological polar surface area (TPSA) is 0 Å². The van der Waals surface area contributed by atoms with E-state index in [1.807, 2.05) is 31.2 Å². The number of hydrogen-bond acceptors (Lipinski definition) is 0. The van der Waals surface area contributed by atoms with Crippen LogP contribution in [0, 0.1) is 23.5 Å². The third-order valence-electron chi connectivity index (χ3n) is 7.23. The summed E-state index contributed by atoms with van der Waals surface area (Å²) in [4.78, 5) is 0. The molecule has 0 radical (unpaired) electrons. The molecule has 2 heteroatoms. The van der Waals surface area contributed by atoms with Gasteiger partial charge in [0.15, 0.2) is 11.6 Å². The van der Waals surface area contributed by atoms with Crippen LogP contribution in [0.5, 0.6) is 0 Å². The summed E-state index contributed by atoms with van der Waals surface area (Å²) >= 11 is 0. The van der Waals surface area contributed by atoms with Gasteiger partial charge in [-0.05, 0) is 84.6 Å². The van der Waals surface area contributed by atoms with Gasteiger partial charge in [-0.3, -0.25) is 0 Å². The van der Waals surface area contributed by atoms with Gasteiger partial charge in [0.05, 0.1) is 0 Å². The van der Waals surface area contributed by atoms with Gasteiger partial charge in [0.25, 0.3) is 0 Å². The van der Waals surface area contributed by atoms with Crippen LogP contribution >= 0.6 is 0 Å². The van der Waals surface area contributed by atoms with Crippen LogP contribution in [0.1, 0.15) is 56.6 Å². The molecule has 0 unspecified atom stereocenters. The van der Waals surface area contributed by atoms with E-state index in [4.69, 9.17) is 0 Å². The van der Waals surface area contributed by atoms with Crippen LogP contribution in [0.3, 0.4) is 0 Å². The van der Waals surface area contributed by atoms with E-state index in [0.29, 0.717) is 23.1 Å². The molecular formula is C31H34F2. The zero-order valence-corrected chi connectivity index (χ0v) is 19.6. The molecule has 3 aromatic rings. The molecule has 1 fully saturated rings. The van der Waals surface area contributed by atoms with Crippen LogP contribution in [0.25, 0.3) is 22.3 Å². The molecule has 0 atom stereocenters. The monoisotopic (exact) mass is 444 g/mol. The van der Waals surface area contributed by atoms with Gasteiger partial charge in [0.1, 0.15) is 0 Å². The molecule has 0 amide bonds. The highest BCUT2D eigenvalue weighted by Crippen LogP contribution is 2.33. The van der Waals surface area contributed by atoms with Crippen molar-refractivity contribution in [2.24, 2.45) is 11.8 Å². The zero-order valence-electron chi connectivity index (χ0n) is 19.6. The number of benzene rings is 3. The molecule has 1 aliphatic carbocycles. The van der Waals surface area contributed by atoms with E-state index >= 15 is 0 Å². The Morgan fingerprint density at radius 3 is 1.97 bits per heavy atom. The Balaban J connectivity index is 1.39. The van der Waals surface area contributed by atoms with E-state index in [2.05, 4.69) is 36.9 Å². The van der Waals surface area contributed by atoms with Crippen LogP contribution in [-0.4, -0.2) is 0 Å². The van der Waals surface area contributed by atoms with E-state index in [1.54, 1.807) is 12.1 Å². The number of halogens is 2. The summed E-state index contributed by atoms with van der Waals surface area (Å²) < 4.78 is 29.0. The minimum absolute atomic E-state index is 0.316. The molecule has 0 heterocycles. The van der Waals surface area contributed by atoms with Gasteiger partial charge in [0, 0.05) is 5.56 Å². The fourth-order valence-electron chi connectivity index (χ4n) is 5.06. The largest absolute Gasteiger partial charge is 0.203 e. The van der Waals surface area contributed by atoms with Gasteiger partial charge >= 0.3 is 0 Å². The lowest BCUT2D eigenvalue weighted by Crippen LogP contribution is -2.13. The van der Waals surface area contributed by atoms with Gasteiger partial charge in [-0.15, -0.1) is 6.58 Å². The van der Waals surface area contributed by atoms with Crippen molar-refractivity contribution < 1.29 is 8.78 Å². The average Bonchev–Trinajstić information content (AvgIpc) is 2.87. The van der Waals surface area contributed by atoms with Gasteiger partial charge in [-0.25, -0.2) is 8.78 Å². The van der Waals surface area contributed by atoms with Gasteiger partial charge in [-0.1, -0.05) is 80.1 Å². The van der Waals surface area contributed by atoms with Crippen molar-refractivity contribution in [2.45, 2.75) is 58.3 Å². The molecule has 0 aliphatic heterocycles. The predicted octanol–water partition coefficient (Wildman–Crippen LogP) is 9.18. The Hall–Kier alpha value is -2.74. The van der Waals surface area contributed by atoms with Crippen LogP contribution in [0.2, 0.25) is 0 Å². The summed E-state index contributed by atoms with van der Waals surface area (Å²) in [6, 6.07) is 19.9. The van der Waals surface area contributed by atoms with Crippen LogP contribution in [-0.2, 0) is 12.8 Å². The standard InChI is InChI=1S/C31H34F2/c1-3-5-28-20-21-29(31(33)30(28)32)27-18-16-26(17-19-27)25-14-12-24(13-15-25)11-10-23-8-6-22(4-2)7-9-23/h4,12-23H,2-3,5-11H2,1H3. The lowest BCUT2D eigenvalue weighted by atomic mass is 9.79. The van der Waals surface area contributed by atoms with Gasteiger partial charge in [0.2, 0.25) is 0 Å². The van der Waals surface area contributed by atoms with E-state index in [9.17, 15) is 8.78 Å². The predicted molar refractivity (Wildman–Crippen MR) is 135 cm³/mol. The summed E-state index contributed by atoms with van der Waals surface area (Å²) in [5.41, 5.74) is 5.06. The average molecular weight is 445 g/mol. The van der Waals surface area contributed by atoms with E-state index in [0.717, 1.165) is 35.8 Å². The normalized spacial score (nSPS) is 18.3. The second kappa shape index (κ2) is 10.9. The van der Waals surface area contributed by atoms with E-state index in [1.165, 1.54) is 37.7 Å². The van der Waals surface area contributed by atoms with Gasteiger partial charge < -0.3 is 0 Å². The van der Waals surface area contributed by atoms with E-state index in [-0.39, 0.29) is 0 Å². The van der Waals surface area contributed by atoms with Crippen LogP contribution < -0.4 is 0 Å². The Morgan fingerprint density at radius 1 is 0.758 bits per heavy atom. The van der Waals surface area contributed by atoms with E-state index < -0.39 is 11.6 Å². The van der Waals surface area contributed by atoms with Crippen LogP contribution in [0.4, 0.5) is 8.78 Å². The fourth-order valence-corrected chi connectivity index (χ4v) is 5.06. The molecule has 0 saturated heterocycles. The molecule has 3 aromatic carbocycles. The first-order valence-corrected chi connectivity index (χ1v) is 12.4. The van der Waals surface area contributed by atoms with Crippen LogP contribution in [0.15, 0.2) is 73.3 Å². The number of hydrogen-bond donors (Lipinski definition) is 0. The summed E-state index contributed by atoms with van der Waals surface area (Å²) in [6.07, 6.45) is 11.1. The van der Waals surface area contributed by atoms with Crippen molar-refractivity contribution in [1.29, 1.82) is 0 Å². The SMILES string of the molecule is C=CC1CCC(CCc2ccc(-c3ccc(-c4ccc(CCC)c(F)c4F)cc3)cc2)CC1. The van der Waals surface area contributed by atoms with Crippen molar-refractivity contribution >= 4 is 0 Å². The third kappa shape index (κ3) is 5.61. The summed E-state index contributed by atoms with van der Waals surface area (Å²) in [6.45, 7) is 5.91. The van der Waals surface area contributed by atoms with Crippen molar-refractivity contribution in [3.8, 4) is 22.3 Å². The molecule has 0 aromatic heterocycles. The Morgan fingerprint density at radius 2 is 1.36 bits per heavy atom. The Bertz CT molecular complexity index is 1060. The molecule has 33 heavy (non-hydrogen) atoms. The second-order valence-corrected chi connectivity index (χ2v) is 9.48. The number of allylic oxidation sites excluding steroid dienone is 1. The first kappa shape index (κ1) is 23.4. The number of rotatable bonds is 8. The Labute approximate surface area is 197 Å². The maximum absolute atomic E-state index is 14.6. The van der Waals surface area contributed by atoms with Crippen molar-refractivity contribution in [1.82, 2.24) is 0 Å². The minimum atomic E-state index is -0.754. The maximum atomic E-state index is 14.6. The third-order valence-corrected chi connectivity index (χ3v) is 7.23. The highest BCUT2D eigenvalue weighted by Gasteiger charge is 2.19. The van der Waals surface area contributed by atoms with Crippen molar-refractivity contribution in [3.05, 3.63) is 96.1 Å². The molecule has 0 N–H and O–H groups in total. The highest BCUT2D eigenvalue weighted by atomic mass is 19.2. The fraction of sp³-hybridized carbons (Fsp3) is 0.355. The lowest BCUT2D eigenvalue weighted by Gasteiger charge is -2.26. The molecular weight excluding hydrogens is 410 g/mol. The first-order valence-electron chi connectivity index (χ1n) is 12.4. The molecule has 172 valence electrons.